The Morgan fingerprint density at radius 1 is 1.29 bits per heavy atom. The summed E-state index contributed by atoms with van der Waals surface area (Å²) in [6.45, 7) is 5.12. The number of hydrogen-bond donors (Lipinski definition) is 1. The van der Waals surface area contributed by atoms with Gasteiger partial charge < -0.3 is 19.5 Å². The van der Waals surface area contributed by atoms with Crippen molar-refractivity contribution >= 4 is 17.2 Å². The number of nitrogens with zero attached hydrogens (tertiary/aromatic N) is 4. The van der Waals surface area contributed by atoms with Crippen LogP contribution < -0.4 is 14.8 Å². The smallest absolute Gasteiger partial charge is 0.276 e. The van der Waals surface area contributed by atoms with E-state index in [1.807, 2.05) is 17.5 Å². The van der Waals surface area contributed by atoms with Gasteiger partial charge in [0.1, 0.15) is 11.4 Å². The zero-order valence-corrected chi connectivity index (χ0v) is 17.8. The number of carbonyl (C=O) groups excluding carboxylic acids is 1. The SMILES string of the molecule is CCOc1nc(C(=O)Nc2cccnc2OC)cn2cc(C34CCC(C)(C3)OC4)nc12. The topological polar surface area (TPSA) is 99.9 Å². The molecule has 162 valence electrons. The van der Waals surface area contributed by atoms with Crippen LogP contribution >= 0.6 is 0 Å². The normalized spacial score (nSPS) is 24.5. The molecule has 2 atom stereocenters. The molecule has 2 aliphatic rings. The van der Waals surface area contributed by atoms with Crippen LogP contribution in [0.1, 0.15) is 49.3 Å². The second-order valence-corrected chi connectivity index (χ2v) is 8.43. The lowest BCUT2D eigenvalue weighted by Crippen LogP contribution is -2.26. The summed E-state index contributed by atoms with van der Waals surface area (Å²) in [6.07, 6.45) is 8.26. The van der Waals surface area contributed by atoms with Gasteiger partial charge in [0, 0.05) is 24.0 Å². The van der Waals surface area contributed by atoms with E-state index in [1.54, 1.807) is 24.5 Å². The standard InChI is InChI=1S/C22H25N5O4/c1-4-30-20-17-26-16(22-8-7-21(2,12-22)31-13-22)11-27(17)10-15(25-20)18(28)24-14-6-5-9-23-19(14)29-3/h5-6,9-11H,4,7-8,12-13H2,1-3H3,(H,24,28). The van der Waals surface area contributed by atoms with Gasteiger partial charge in [-0.1, -0.05) is 0 Å². The number of methoxy groups -OCH3 is 1. The molecule has 3 aromatic heterocycles. The average Bonchev–Trinajstić information content (AvgIpc) is 3.45. The summed E-state index contributed by atoms with van der Waals surface area (Å²) in [7, 11) is 1.50. The van der Waals surface area contributed by atoms with E-state index in [1.165, 1.54) is 7.11 Å². The summed E-state index contributed by atoms with van der Waals surface area (Å²) in [5.41, 5.74) is 2.08. The van der Waals surface area contributed by atoms with Crippen LogP contribution in [0, 0.1) is 0 Å². The van der Waals surface area contributed by atoms with Crippen LogP contribution in [0.4, 0.5) is 5.69 Å². The number of aromatic nitrogens is 4. The highest BCUT2D eigenvalue weighted by molar-refractivity contribution is 6.03. The molecule has 2 fully saturated rings. The first-order chi connectivity index (χ1) is 15.0. The zero-order valence-electron chi connectivity index (χ0n) is 17.8. The third kappa shape index (κ3) is 3.29. The maximum atomic E-state index is 12.9. The zero-order chi connectivity index (χ0) is 21.6. The van der Waals surface area contributed by atoms with E-state index in [4.69, 9.17) is 19.2 Å². The fraction of sp³-hybridized carbons (Fsp3) is 0.455. The van der Waals surface area contributed by atoms with Crippen LogP contribution in [0.2, 0.25) is 0 Å². The maximum absolute atomic E-state index is 12.9. The van der Waals surface area contributed by atoms with Crippen molar-refractivity contribution in [2.24, 2.45) is 0 Å². The number of fused-ring (bicyclic) bond motifs is 3. The van der Waals surface area contributed by atoms with Gasteiger partial charge in [-0.15, -0.1) is 0 Å². The lowest BCUT2D eigenvalue weighted by atomic mass is 9.84. The molecular weight excluding hydrogens is 398 g/mol. The molecule has 1 N–H and O–H groups in total. The van der Waals surface area contributed by atoms with Gasteiger partial charge in [-0.05, 0) is 45.2 Å². The van der Waals surface area contributed by atoms with E-state index in [2.05, 4.69) is 22.2 Å². The molecule has 0 aromatic carbocycles. The maximum Gasteiger partial charge on any atom is 0.276 e. The van der Waals surface area contributed by atoms with Crippen molar-refractivity contribution in [1.82, 2.24) is 19.4 Å². The van der Waals surface area contributed by atoms with Gasteiger partial charge in [0.15, 0.2) is 0 Å². The van der Waals surface area contributed by atoms with Crippen molar-refractivity contribution < 1.29 is 19.0 Å². The Labute approximate surface area is 179 Å². The Balaban J connectivity index is 1.52. The molecule has 0 spiro atoms. The summed E-state index contributed by atoms with van der Waals surface area (Å²) in [5, 5.41) is 2.81. The first-order valence-electron chi connectivity index (χ1n) is 10.4. The first kappa shape index (κ1) is 19.7. The van der Waals surface area contributed by atoms with Gasteiger partial charge >= 0.3 is 0 Å². The van der Waals surface area contributed by atoms with Crippen molar-refractivity contribution in [2.45, 2.75) is 44.1 Å². The van der Waals surface area contributed by atoms with Gasteiger partial charge in [0.05, 0.1) is 31.6 Å². The summed E-state index contributed by atoms with van der Waals surface area (Å²) in [6, 6.07) is 3.44. The van der Waals surface area contributed by atoms with Gasteiger partial charge in [0.25, 0.3) is 11.8 Å². The van der Waals surface area contributed by atoms with Crippen LogP contribution in [-0.2, 0) is 10.2 Å². The van der Waals surface area contributed by atoms with Crippen molar-refractivity contribution in [2.75, 3.05) is 25.6 Å². The molecule has 3 aromatic rings. The summed E-state index contributed by atoms with van der Waals surface area (Å²) in [5.74, 6) is 0.271. The molecule has 1 aliphatic heterocycles. The Morgan fingerprint density at radius 2 is 2.16 bits per heavy atom. The predicted molar refractivity (Wildman–Crippen MR) is 113 cm³/mol. The molecule has 5 rings (SSSR count). The molecule has 1 saturated heterocycles. The highest BCUT2D eigenvalue weighted by atomic mass is 16.5. The number of hydrogen-bond acceptors (Lipinski definition) is 7. The number of anilines is 1. The van der Waals surface area contributed by atoms with Crippen LogP contribution in [-0.4, -0.2) is 51.2 Å². The first-order valence-corrected chi connectivity index (χ1v) is 10.4. The van der Waals surface area contributed by atoms with Crippen molar-refractivity contribution in [1.29, 1.82) is 0 Å². The number of imidazole rings is 1. The third-order valence-corrected chi connectivity index (χ3v) is 6.22. The van der Waals surface area contributed by atoms with E-state index in [0.717, 1.165) is 25.0 Å². The number of nitrogens with one attached hydrogen (secondary N) is 1. The lowest BCUT2D eigenvalue weighted by Gasteiger charge is -2.24. The van der Waals surface area contributed by atoms with Gasteiger partial charge in [0.2, 0.25) is 11.5 Å². The summed E-state index contributed by atoms with van der Waals surface area (Å²) in [4.78, 5) is 26.4. The Kier molecular flexibility index (Phi) is 4.58. The van der Waals surface area contributed by atoms with Crippen LogP contribution in [0.15, 0.2) is 30.7 Å². The Hall–Kier alpha value is -3.20. The van der Waals surface area contributed by atoms with Crippen LogP contribution in [0.25, 0.3) is 5.65 Å². The highest BCUT2D eigenvalue weighted by Crippen LogP contribution is 2.53. The quantitative estimate of drug-likeness (QED) is 0.650. The number of carbonyl (C=O) groups is 1. The Morgan fingerprint density at radius 3 is 2.84 bits per heavy atom. The largest absolute Gasteiger partial charge is 0.480 e. The minimum absolute atomic E-state index is 0.0649. The number of rotatable bonds is 6. The molecular formula is C22H25N5O4. The van der Waals surface area contributed by atoms with Gasteiger partial charge in [-0.25, -0.2) is 15.0 Å². The number of pyridine rings is 1. The summed E-state index contributed by atoms with van der Waals surface area (Å²) < 4.78 is 18.8. The lowest BCUT2D eigenvalue weighted by molar-refractivity contribution is -0.00627. The van der Waals surface area contributed by atoms with E-state index in [9.17, 15) is 4.79 Å². The van der Waals surface area contributed by atoms with E-state index >= 15 is 0 Å². The average molecular weight is 423 g/mol. The molecule has 9 heteroatoms. The molecule has 1 saturated carbocycles. The minimum atomic E-state index is -0.389. The van der Waals surface area contributed by atoms with Crippen LogP contribution in [0.3, 0.4) is 0 Å². The van der Waals surface area contributed by atoms with Gasteiger partial charge in [-0.3, -0.25) is 9.20 Å². The molecule has 31 heavy (non-hydrogen) atoms. The number of amides is 1. The fourth-order valence-electron chi connectivity index (χ4n) is 4.65. The van der Waals surface area contributed by atoms with E-state index in [0.29, 0.717) is 36.3 Å². The van der Waals surface area contributed by atoms with E-state index < -0.39 is 0 Å². The van der Waals surface area contributed by atoms with Crippen molar-refractivity contribution in [3.05, 3.63) is 42.1 Å². The molecule has 1 amide bonds. The summed E-state index contributed by atoms with van der Waals surface area (Å²) >= 11 is 0. The van der Waals surface area contributed by atoms with Crippen LogP contribution in [0.5, 0.6) is 11.8 Å². The van der Waals surface area contributed by atoms with Crippen molar-refractivity contribution in [3.63, 3.8) is 0 Å². The third-order valence-electron chi connectivity index (χ3n) is 6.22. The monoisotopic (exact) mass is 423 g/mol. The molecule has 2 unspecified atom stereocenters. The highest BCUT2D eigenvalue weighted by Gasteiger charge is 2.55. The predicted octanol–water partition coefficient (Wildman–Crippen LogP) is 2.99. The van der Waals surface area contributed by atoms with Crippen molar-refractivity contribution in [3.8, 4) is 11.8 Å². The number of ether oxygens (including phenoxy) is 3. The second-order valence-electron chi connectivity index (χ2n) is 8.43. The molecule has 2 bridgehead atoms. The Bertz CT molecular complexity index is 1150. The second kappa shape index (κ2) is 7.19. The minimum Gasteiger partial charge on any atom is -0.480 e. The fourth-order valence-corrected chi connectivity index (χ4v) is 4.65. The molecule has 4 heterocycles. The molecule has 1 aliphatic carbocycles. The van der Waals surface area contributed by atoms with Gasteiger partial charge in [-0.2, -0.15) is 0 Å². The van der Waals surface area contributed by atoms with E-state index in [-0.39, 0.29) is 22.6 Å². The molecule has 9 nitrogen and oxygen atoms in total. The molecule has 0 radical (unpaired) electrons.